The van der Waals surface area contributed by atoms with Crippen molar-refractivity contribution in [1.82, 2.24) is 14.4 Å². The molecule has 36 heavy (non-hydrogen) atoms. The second-order valence-electron chi connectivity index (χ2n) is 9.37. The molecule has 2 aromatic carbocycles. The van der Waals surface area contributed by atoms with Crippen LogP contribution >= 0.6 is 11.6 Å². The van der Waals surface area contributed by atoms with Gasteiger partial charge in [-0.2, -0.15) is 0 Å². The van der Waals surface area contributed by atoms with Crippen LogP contribution in [0.1, 0.15) is 39.1 Å². The van der Waals surface area contributed by atoms with E-state index in [0.29, 0.717) is 40.5 Å². The molecule has 1 aliphatic heterocycles. The van der Waals surface area contributed by atoms with E-state index in [2.05, 4.69) is 6.58 Å². The Bertz CT molecular complexity index is 1320. The molecule has 0 unspecified atom stereocenters. The first-order valence-electron chi connectivity index (χ1n) is 11.9. The average Bonchev–Trinajstić information content (AvgIpc) is 3.19. The summed E-state index contributed by atoms with van der Waals surface area (Å²) in [5.74, 6) is -1.32. The number of aromatic nitrogens is 1. The molecule has 0 aliphatic carbocycles. The van der Waals surface area contributed by atoms with E-state index in [1.165, 1.54) is 17.0 Å². The zero-order valence-corrected chi connectivity index (χ0v) is 21.2. The summed E-state index contributed by atoms with van der Waals surface area (Å²) in [5.41, 5.74) is 2.30. The maximum absolute atomic E-state index is 13.4. The van der Waals surface area contributed by atoms with Crippen LogP contribution in [-0.2, 0) is 18.3 Å². The predicted octanol–water partition coefficient (Wildman–Crippen LogP) is 4.89. The maximum atomic E-state index is 13.4. The second-order valence-corrected chi connectivity index (χ2v) is 9.78. The number of halogens is 2. The number of benzene rings is 2. The third kappa shape index (κ3) is 5.21. The van der Waals surface area contributed by atoms with Crippen LogP contribution in [0.15, 0.2) is 55.3 Å². The first kappa shape index (κ1) is 25.6. The van der Waals surface area contributed by atoms with Crippen LogP contribution in [0.4, 0.5) is 4.39 Å². The fourth-order valence-corrected chi connectivity index (χ4v) is 5.02. The lowest BCUT2D eigenvalue weighted by molar-refractivity contribution is -0.124. The monoisotopic (exact) mass is 509 g/mol. The number of Topliss-reactive ketones (excluding diaryl/α,β-unsaturated/α-hetero) is 1. The number of piperidine rings is 1. The van der Waals surface area contributed by atoms with Crippen molar-refractivity contribution in [2.75, 3.05) is 26.7 Å². The van der Waals surface area contributed by atoms with E-state index in [0.717, 1.165) is 24.8 Å². The van der Waals surface area contributed by atoms with E-state index in [-0.39, 0.29) is 23.8 Å². The van der Waals surface area contributed by atoms with Gasteiger partial charge in [-0.3, -0.25) is 14.4 Å². The van der Waals surface area contributed by atoms with E-state index < -0.39 is 11.7 Å². The number of ketones is 1. The van der Waals surface area contributed by atoms with Gasteiger partial charge in [-0.1, -0.05) is 29.8 Å². The number of rotatable bonds is 7. The standard InChI is InChI=1S/C28H29ClFN3O3/c1-4-11-31(2)28(36)26(34)23-17-32(3)25-16-24(29)22(15-21(23)25)27(35)33-12-9-19(10-13-33)14-18-5-7-20(30)8-6-18/h4-8,15-17,19H,1,9-14H2,2-3H3. The third-order valence-electron chi connectivity index (χ3n) is 6.84. The number of likely N-dealkylation sites (tertiary alicyclic amines) is 1. The summed E-state index contributed by atoms with van der Waals surface area (Å²) >= 11 is 6.52. The highest BCUT2D eigenvalue weighted by Gasteiger charge is 2.28. The summed E-state index contributed by atoms with van der Waals surface area (Å²) in [6.45, 7) is 5.03. The van der Waals surface area contributed by atoms with Gasteiger partial charge >= 0.3 is 0 Å². The maximum Gasteiger partial charge on any atom is 0.295 e. The molecule has 0 atom stereocenters. The van der Waals surface area contributed by atoms with E-state index in [4.69, 9.17) is 11.6 Å². The van der Waals surface area contributed by atoms with Gasteiger partial charge in [0, 0.05) is 45.3 Å². The fraction of sp³-hybridized carbons (Fsp3) is 0.321. The summed E-state index contributed by atoms with van der Waals surface area (Å²) in [5, 5.41) is 0.818. The number of carbonyl (C=O) groups excluding carboxylic acids is 3. The molecular formula is C28H29ClFN3O3. The molecule has 0 N–H and O–H groups in total. The molecule has 0 radical (unpaired) electrons. The average molecular weight is 510 g/mol. The summed E-state index contributed by atoms with van der Waals surface area (Å²) in [7, 11) is 3.30. The lowest BCUT2D eigenvalue weighted by Crippen LogP contribution is -2.39. The summed E-state index contributed by atoms with van der Waals surface area (Å²) in [6, 6.07) is 9.85. The highest BCUT2D eigenvalue weighted by molar-refractivity contribution is 6.45. The molecule has 3 aromatic rings. The summed E-state index contributed by atoms with van der Waals surface area (Å²) in [6.07, 6.45) is 5.66. The molecule has 2 amide bonds. The van der Waals surface area contributed by atoms with Crippen molar-refractivity contribution in [2.24, 2.45) is 13.0 Å². The van der Waals surface area contributed by atoms with Gasteiger partial charge < -0.3 is 14.4 Å². The van der Waals surface area contributed by atoms with E-state index in [9.17, 15) is 18.8 Å². The van der Waals surface area contributed by atoms with Crippen molar-refractivity contribution in [2.45, 2.75) is 19.3 Å². The Morgan fingerprint density at radius 3 is 2.44 bits per heavy atom. The number of likely N-dealkylation sites (N-methyl/N-ethyl adjacent to an activating group) is 1. The van der Waals surface area contributed by atoms with Crippen LogP contribution < -0.4 is 0 Å². The Kier molecular flexibility index (Phi) is 7.59. The van der Waals surface area contributed by atoms with Gasteiger partial charge in [0.1, 0.15) is 5.82 Å². The van der Waals surface area contributed by atoms with Crippen molar-refractivity contribution in [1.29, 1.82) is 0 Å². The largest absolute Gasteiger partial charge is 0.350 e. The molecule has 1 aromatic heterocycles. The van der Waals surface area contributed by atoms with Gasteiger partial charge in [-0.05, 0) is 55.0 Å². The molecule has 1 saturated heterocycles. The van der Waals surface area contributed by atoms with Crippen molar-refractivity contribution in [3.63, 3.8) is 0 Å². The first-order valence-corrected chi connectivity index (χ1v) is 12.3. The molecule has 0 saturated carbocycles. The Labute approximate surface area is 214 Å². The minimum absolute atomic E-state index is 0.195. The summed E-state index contributed by atoms with van der Waals surface area (Å²) < 4.78 is 14.9. The van der Waals surface area contributed by atoms with E-state index in [1.54, 1.807) is 60.1 Å². The number of aryl methyl sites for hydroxylation is 1. The highest BCUT2D eigenvalue weighted by Crippen LogP contribution is 2.31. The van der Waals surface area contributed by atoms with Crippen molar-refractivity contribution >= 4 is 40.1 Å². The molecule has 0 bridgehead atoms. The summed E-state index contributed by atoms with van der Waals surface area (Å²) in [4.78, 5) is 42.1. The Balaban J connectivity index is 1.52. The number of fused-ring (bicyclic) bond motifs is 1. The normalized spacial score (nSPS) is 14.2. The van der Waals surface area contributed by atoms with Crippen molar-refractivity contribution in [3.8, 4) is 0 Å². The molecule has 4 rings (SSSR count). The number of hydrogen-bond acceptors (Lipinski definition) is 3. The molecule has 1 fully saturated rings. The lowest BCUT2D eigenvalue weighted by Gasteiger charge is -2.32. The number of carbonyl (C=O) groups is 3. The highest BCUT2D eigenvalue weighted by atomic mass is 35.5. The fourth-order valence-electron chi connectivity index (χ4n) is 4.78. The van der Waals surface area contributed by atoms with Crippen LogP contribution in [0.25, 0.3) is 10.9 Å². The van der Waals surface area contributed by atoms with Crippen LogP contribution in [0.5, 0.6) is 0 Å². The Morgan fingerprint density at radius 2 is 1.81 bits per heavy atom. The van der Waals surface area contributed by atoms with Gasteiger partial charge in [0.25, 0.3) is 17.6 Å². The quantitative estimate of drug-likeness (QED) is 0.259. The molecule has 188 valence electrons. The molecule has 2 heterocycles. The third-order valence-corrected chi connectivity index (χ3v) is 7.15. The lowest BCUT2D eigenvalue weighted by atomic mass is 9.90. The zero-order valence-electron chi connectivity index (χ0n) is 20.5. The van der Waals surface area contributed by atoms with Crippen LogP contribution in [0, 0.1) is 11.7 Å². The van der Waals surface area contributed by atoms with Gasteiger partial charge in [0.2, 0.25) is 0 Å². The zero-order chi connectivity index (χ0) is 26.0. The molecule has 0 spiro atoms. The molecule has 6 nitrogen and oxygen atoms in total. The minimum atomic E-state index is -0.646. The van der Waals surface area contributed by atoms with Crippen LogP contribution in [-0.4, -0.2) is 58.6 Å². The smallest absolute Gasteiger partial charge is 0.295 e. The molecular weight excluding hydrogens is 481 g/mol. The van der Waals surface area contributed by atoms with Crippen molar-refractivity contribution in [3.05, 3.63) is 82.8 Å². The number of amides is 2. The van der Waals surface area contributed by atoms with Gasteiger partial charge in [-0.15, -0.1) is 6.58 Å². The van der Waals surface area contributed by atoms with Crippen molar-refractivity contribution < 1.29 is 18.8 Å². The van der Waals surface area contributed by atoms with E-state index >= 15 is 0 Å². The van der Waals surface area contributed by atoms with Crippen LogP contribution in [0.3, 0.4) is 0 Å². The SMILES string of the molecule is C=CCN(C)C(=O)C(=O)c1cn(C)c2cc(Cl)c(C(=O)N3CCC(Cc4ccc(F)cc4)CC3)cc12. The minimum Gasteiger partial charge on any atom is -0.350 e. The predicted molar refractivity (Wildman–Crippen MR) is 139 cm³/mol. The van der Waals surface area contributed by atoms with Crippen LogP contribution in [0.2, 0.25) is 5.02 Å². The topological polar surface area (TPSA) is 62.6 Å². The number of nitrogens with zero attached hydrogens (tertiary/aromatic N) is 3. The van der Waals surface area contributed by atoms with Gasteiger partial charge in [0.05, 0.1) is 21.7 Å². The Morgan fingerprint density at radius 1 is 1.14 bits per heavy atom. The number of hydrogen-bond donors (Lipinski definition) is 0. The van der Waals surface area contributed by atoms with Gasteiger partial charge in [0.15, 0.2) is 0 Å². The molecule has 1 aliphatic rings. The molecule has 8 heteroatoms. The Hall–Kier alpha value is -3.45. The first-order chi connectivity index (χ1) is 17.2. The second kappa shape index (κ2) is 10.7. The van der Waals surface area contributed by atoms with E-state index in [1.807, 2.05) is 0 Å². The van der Waals surface area contributed by atoms with Gasteiger partial charge in [-0.25, -0.2) is 4.39 Å².